The van der Waals surface area contributed by atoms with Crippen molar-refractivity contribution in [1.29, 1.82) is 0 Å². The zero-order valence-corrected chi connectivity index (χ0v) is 24.5. The molecule has 0 aliphatic carbocycles. The third kappa shape index (κ3) is 40.9. The van der Waals surface area contributed by atoms with E-state index in [0.717, 1.165) is 57.8 Å². The second kappa shape index (κ2) is 41.8. The Morgan fingerprint density at radius 2 is 0.719 bits per heavy atom. The first-order valence-corrected chi connectivity index (χ1v) is 12.3. The summed E-state index contributed by atoms with van der Waals surface area (Å²) in [6, 6.07) is 0. The van der Waals surface area contributed by atoms with E-state index in [4.69, 9.17) is 29.5 Å². The zero-order chi connectivity index (χ0) is 24.6. The first kappa shape index (κ1) is 42.7. The van der Waals surface area contributed by atoms with Crippen LogP contribution in [0.2, 0.25) is 0 Å². The summed E-state index contributed by atoms with van der Waals surface area (Å²) in [6.45, 7) is 14.9. The standard InChI is InChI=1S/C15H32O4.3C3H8O.Zr/c1-4-7-12-17-15(10-11-16,18-13-8-5-2)19-14-9-6-3;3*1-2-3-4;/h16H,4-14H2,1-3H3;3*4H,2-3H2,1H3;. The minimum absolute atomic E-state index is 0. The van der Waals surface area contributed by atoms with Crippen LogP contribution >= 0.6 is 0 Å². The van der Waals surface area contributed by atoms with Gasteiger partial charge in [0.1, 0.15) is 0 Å². The predicted octanol–water partition coefficient (Wildman–Crippen LogP) is 4.64. The molecule has 0 aliphatic heterocycles. The Morgan fingerprint density at radius 3 is 0.875 bits per heavy atom. The topological polar surface area (TPSA) is 109 Å². The van der Waals surface area contributed by atoms with Crippen LogP contribution in [0.5, 0.6) is 0 Å². The molecule has 0 atom stereocenters. The molecule has 0 bridgehead atoms. The van der Waals surface area contributed by atoms with Gasteiger partial charge in [0.05, 0.1) is 32.8 Å². The minimum Gasteiger partial charge on any atom is -0.396 e. The van der Waals surface area contributed by atoms with Gasteiger partial charge in [-0.05, 0) is 38.5 Å². The van der Waals surface area contributed by atoms with Crippen molar-refractivity contribution in [3.63, 3.8) is 0 Å². The van der Waals surface area contributed by atoms with E-state index in [0.29, 0.717) is 46.1 Å². The largest absolute Gasteiger partial charge is 0.396 e. The van der Waals surface area contributed by atoms with Gasteiger partial charge >= 0.3 is 0 Å². The van der Waals surface area contributed by atoms with Crippen LogP contribution in [0.3, 0.4) is 0 Å². The Morgan fingerprint density at radius 1 is 0.469 bits per heavy atom. The first-order valence-electron chi connectivity index (χ1n) is 12.3. The maximum absolute atomic E-state index is 9.23. The zero-order valence-electron chi connectivity index (χ0n) is 22.0. The van der Waals surface area contributed by atoms with E-state index < -0.39 is 5.97 Å². The molecule has 0 spiro atoms. The average Bonchev–Trinajstić information content (AvgIpc) is 2.80. The van der Waals surface area contributed by atoms with Gasteiger partial charge in [0.2, 0.25) is 0 Å². The molecule has 0 heterocycles. The third-order valence-electron chi connectivity index (χ3n) is 3.55. The molecule has 0 saturated carbocycles. The number of ether oxygens (including phenoxy) is 3. The van der Waals surface area contributed by atoms with E-state index in [9.17, 15) is 5.11 Å². The Labute approximate surface area is 218 Å². The quantitative estimate of drug-likeness (QED) is 0.155. The molecule has 198 valence electrons. The van der Waals surface area contributed by atoms with E-state index in [1.165, 1.54) is 0 Å². The van der Waals surface area contributed by atoms with Gasteiger partial charge in [-0.15, -0.1) is 0 Å². The average molecular weight is 548 g/mol. The molecule has 0 fully saturated rings. The molecule has 8 heteroatoms. The maximum Gasteiger partial charge on any atom is 0.285 e. The molecule has 0 saturated heterocycles. The molecular formula is C24H56O7Zr. The van der Waals surface area contributed by atoms with E-state index >= 15 is 0 Å². The fourth-order valence-corrected chi connectivity index (χ4v) is 1.59. The van der Waals surface area contributed by atoms with Crippen LogP contribution in [0.25, 0.3) is 0 Å². The fraction of sp³-hybridized carbons (Fsp3) is 1.00. The van der Waals surface area contributed by atoms with Gasteiger partial charge in [0.15, 0.2) is 0 Å². The number of rotatable bonds is 17. The van der Waals surface area contributed by atoms with Crippen LogP contribution in [-0.2, 0) is 40.4 Å². The summed E-state index contributed by atoms with van der Waals surface area (Å²) >= 11 is 0. The Kier molecular flexibility index (Phi) is 55.9. The summed E-state index contributed by atoms with van der Waals surface area (Å²) in [4.78, 5) is 0. The molecular weight excluding hydrogens is 491 g/mol. The van der Waals surface area contributed by atoms with E-state index in [2.05, 4.69) is 20.8 Å². The molecule has 0 aromatic rings. The summed E-state index contributed by atoms with van der Waals surface area (Å²) in [7, 11) is 0. The number of aliphatic hydroxyl groups is 4. The molecule has 0 unspecified atom stereocenters. The fourth-order valence-electron chi connectivity index (χ4n) is 1.59. The molecule has 0 aromatic heterocycles. The Hall–Kier alpha value is 0.603. The van der Waals surface area contributed by atoms with E-state index in [1.807, 2.05) is 20.8 Å². The molecule has 7 nitrogen and oxygen atoms in total. The molecule has 4 N–H and O–H groups in total. The van der Waals surface area contributed by atoms with Gasteiger partial charge in [0, 0.05) is 46.0 Å². The van der Waals surface area contributed by atoms with Crippen molar-refractivity contribution in [1.82, 2.24) is 0 Å². The van der Waals surface area contributed by atoms with Gasteiger partial charge in [-0.3, -0.25) is 0 Å². The summed E-state index contributed by atoms with van der Waals surface area (Å²) in [5.41, 5.74) is 0. The Bertz CT molecular complexity index is 231. The van der Waals surface area contributed by atoms with Gasteiger partial charge in [-0.25, -0.2) is 0 Å². The van der Waals surface area contributed by atoms with Gasteiger partial charge in [0.25, 0.3) is 5.97 Å². The SMILES string of the molecule is CCCCOC(CCO)(OCCCC)OCCCC.CCCO.CCCO.CCCO.[Zr]. The first-order chi connectivity index (χ1) is 15.0. The summed E-state index contributed by atoms with van der Waals surface area (Å²) in [5, 5.41) is 32.9. The molecule has 0 amide bonds. The van der Waals surface area contributed by atoms with E-state index in [-0.39, 0.29) is 32.8 Å². The molecule has 0 aromatic carbocycles. The second-order valence-electron chi connectivity index (χ2n) is 6.93. The number of hydrogen-bond acceptors (Lipinski definition) is 7. The minimum atomic E-state index is -1.05. The smallest absolute Gasteiger partial charge is 0.285 e. The summed E-state index contributed by atoms with van der Waals surface area (Å²) in [5.74, 6) is -1.05. The number of hydrogen-bond donors (Lipinski definition) is 4. The molecule has 0 aliphatic rings. The van der Waals surface area contributed by atoms with Crippen molar-refractivity contribution in [2.75, 3.05) is 46.2 Å². The van der Waals surface area contributed by atoms with Crippen molar-refractivity contribution >= 4 is 0 Å². The van der Waals surface area contributed by atoms with Crippen molar-refractivity contribution in [3.8, 4) is 0 Å². The number of aliphatic hydroxyl groups excluding tert-OH is 4. The predicted molar refractivity (Wildman–Crippen MR) is 129 cm³/mol. The van der Waals surface area contributed by atoms with Gasteiger partial charge < -0.3 is 34.6 Å². The summed E-state index contributed by atoms with van der Waals surface area (Å²) < 4.78 is 17.4. The molecule has 0 radical (unpaired) electrons. The van der Waals surface area contributed by atoms with Gasteiger partial charge in [-0.1, -0.05) is 60.8 Å². The maximum atomic E-state index is 9.23. The van der Waals surface area contributed by atoms with Crippen LogP contribution in [-0.4, -0.2) is 72.6 Å². The van der Waals surface area contributed by atoms with Crippen LogP contribution in [0.1, 0.15) is 106 Å². The Balaban J connectivity index is -0.000000154. The van der Waals surface area contributed by atoms with Crippen LogP contribution in [0.15, 0.2) is 0 Å². The van der Waals surface area contributed by atoms with Crippen molar-refractivity contribution < 1.29 is 60.8 Å². The summed E-state index contributed by atoms with van der Waals surface area (Å²) in [6.07, 6.45) is 9.12. The van der Waals surface area contributed by atoms with Crippen molar-refractivity contribution in [3.05, 3.63) is 0 Å². The molecule has 0 rings (SSSR count). The van der Waals surface area contributed by atoms with Crippen LogP contribution in [0.4, 0.5) is 0 Å². The van der Waals surface area contributed by atoms with Crippen molar-refractivity contribution in [2.45, 2.75) is 112 Å². The van der Waals surface area contributed by atoms with Crippen molar-refractivity contribution in [2.24, 2.45) is 0 Å². The van der Waals surface area contributed by atoms with E-state index in [1.54, 1.807) is 0 Å². The third-order valence-corrected chi connectivity index (χ3v) is 3.55. The molecule has 32 heavy (non-hydrogen) atoms. The van der Waals surface area contributed by atoms with Crippen LogP contribution in [0, 0.1) is 0 Å². The monoisotopic (exact) mass is 546 g/mol. The van der Waals surface area contributed by atoms with Gasteiger partial charge in [-0.2, -0.15) is 0 Å². The normalized spacial score (nSPS) is 9.94. The second-order valence-corrected chi connectivity index (χ2v) is 6.93. The van der Waals surface area contributed by atoms with Crippen LogP contribution < -0.4 is 0 Å². The number of unbranched alkanes of at least 4 members (excludes halogenated alkanes) is 3.